The van der Waals surface area contributed by atoms with Gasteiger partial charge in [-0.2, -0.15) is 0 Å². The predicted molar refractivity (Wildman–Crippen MR) is 54.9 cm³/mol. The minimum atomic E-state index is -0.279. The number of hydrogen-bond donors (Lipinski definition) is 1. The Balaban J connectivity index is 2.76. The van der Waals surface area contributed by atoms with Crippen molar-refractivity contribution in [3.63, 3.8) is 0 Å². The minimum absolute atomic E-state index is 0.279. The van der Waals surface area contributed by atoms with E-state index in [-0.39, 0.29) is 5.82 Å². The fourth-order valence-corrected chi connectivity index (χ4v) is 1.76. The molecule has 0 saturated heterocycles. The van der Waals surface area contributed by atoms with E-state index in [1.807, 2.05) is 6.92 Å². The number of aromatic amines is 1. The van der Waals surface area contributed by atoms with E-state index in [1.165, 1.54) is 11.8 Å². The third-order valence-corrected chi connectivity index (χ3v) is 2.57. The maximum atomic E-state index is 13.2. The molecule has 2 aromatic rings. The maximum absolute atomic E-state index is 13.2. The molecular weight excluding hydrogens is 179 g/mol. The van der Waals surface area contributed by atoms with E-state index < -0.39 is 0 Å². The summed E-state index contributed by atoms with van der Waals surface area (Å²) in [5, 5.41) is 0. The van der Waals surface area contributed by atoms with E-state index >= 15 is 0 Å². The monoisotopic (exact) mass is 192 g/mol. The fraction of sp³-hybridized carbons (Fsp3) is 0.364. The lowest BCUT2D eigenvalue weighted by Gasteiger charge is -2.09. The first-order valence-corrected chi connectivity index (χ1v) is 4.73. The van der Waals surface area contributed by atoms with Crippen molar-refractivity contribution in [2.24, 2.45) is 0 Å². The number of fused-ring (bicyclic) bond motifs is 1. The van der Waals surface area contributed by atoms with E-state index in [0.717, 1.165) is 11.1 Å². The average molecular weight is 192 g/mol. The molecule has 14 heavy (non-hydrogen) atoms. The molecule has 0 aliphatic carbocycles. The molecule has 74 valence electrons. The van der Waals surface area contributed by atoms with Crippen LogP contribution in [-0.4, -0.2) is 9.97 Å². The summed E-state index contributed by atoms with van der Waals surface area (Å²) >= 11 is 0. The number of rotatable bonds is 1. The summed E-state index contributed by atoms with van der Waals surface area (Å²) in [7, 11) is 0. The van der Waals surface area contributed by atoms with Crippen LogP contribution >= 0.6 is 0 Å². The number of H-pyrrole nitrogens is 1. The highest BCUT2D eigenvalue weighted by atomic mass is 19.1. The SMILES string of the molecule is Cc1c(C(C)C)cnc2c(F)c[nH]c12. The molecule has 0 amide bonds. The minimum Gasteiger partial charge on any atom is -0.357 e. The summed E-state index contributed by atoms with van der Waals surface area (Å²) in [6.45, 7) is 6.21. The van der Waals surface area contributed by atoms with Gasteiger partial charge in [0.25, 0.3) is 0 Å². The second-order valence-electron chi connectivity index (χ2n) is 3.85. The van der Waals surface area contributed by atoms with Gasteiger partial charge < -0.3 is 4.98 Å². The number of hydrogen-bond acceptors (Lipinski definition) is 1. The van der Waals surface area contributed by atoms with Crippen LogP contribution in [0.1, 0.15) is 30.9 Å². The Morgan fingerprint density at radius 3 is 2.79 bits per heavy atom. The van der Waals surface area contributed by atoms with Crippen molar-refractivity contribution in [2.75, 3.05) is 0 Å². The largest absolute Gasteiger partial charge is 0.357 e. The lowest BCUT2D eigenvalue weighted by atomic mass is 10.00. The average Bonchev–Trinajstić information content (AvgIpc) is 2.49. The van der Waals surface area contributed by atoms with E-state index in [9.17, 15) is 4.39 Å². The molecule has 2 aromatic heterocycles. The van der Waals surface area contributed by atoms with Crippen molar-refractivity contribution < 1.29 is 4.39 Å². The molecule has 0 spiro atoms. The number of aryl methyl sites for hydroxylation is 1. The third kappa shape index (κ3) is 1.20. The number of nitrogens with zero attached hydrogens (tertiary/aromatic N) is 1. The van der Waals surface area contributed by atoms with Gasteiger partial charge in [0.1, 0.15) is 5.52 Å². The highest BCUT2D eigenvalue weighted by Crippen LogP contribution is 2.25. The Hall–Kier alpha value is -1.38. The highest BCUT2D eigenvalue weighted by Gasteiger charge is 2.11. The smallest absolute Gasteiger partial charge is 0.166 e. The van der Waals surface area contributed by atoms with E-state index in [2.05, 4.69) is 23.8 Å². The van der Waals surface area contributed by atoms with Crippen LogP contribution < -0.4 is 0 Å². The molecule has 2 heterocycles. The molecule has 0 bridgehead atoms. The van der Waals surface area contributed by atoms with Crippen molar-refractivity contribution in [3.05, 3.63) is 29.3 Å². The highest BCUT2D eigenvalue weighted by molar-refractivity contribution is 5.80. The fourth-order valence-electron chi connectivity index (χ4n) is 1.76. The molecular formula is C11H13FN2. The molecule has 0 aromatic carbocycles. The van der Waals surface area contributed by atoms with Gasteiger partial charge in [-0.25, -0.2) is 4.39 Å². The topological polar surface area (TPSA) is 28.7 Å². The lowest BCUT2D eigenvalue weighted by molar-refractivity contribution is 0.636. The van der Waals surface area contributed by atoms with Crippen LogP contribution in [0.25, 0.3) is 11.0 Å². The van der Waals surface area contributed by atoms with Crippen molar-refractivity contribution in [3.8, 4) is 0 Å². The molecule has 1 N–H and O–H groups in total. The molecule has 0 aliphatic rings. The molecule has 3 heteroatoms. The summed E-state index contributed by atoms with van der Waals surface area (Å²) in [5.41, 5.74) is 3.51. The van der Waals surface area contributed by atoms with E-state index in [1.54, 1.807) is 6.20 Å². The Labute approximate surface area is 82.2 Å². The Morgan fingerprint density at radius 1 is 1.43 bits per heavy atom. The van der Waals surface area contributed by atoms with Gasteiger partial charge in [0.15, 0.2) is 5.82 Å². The maximum Gasteiger partial charge on any atom is 0.166 e. The second-order valence-corrected chi connectivity index (χ2v) is 3.85. The van der Waals surface area contributed by atoms with Gasteiger partial charge in [0.2, 0.25) is 0 Å². The molecule has 0 fully saturated rings. The zero-order valence-corrected chi connectivity index (χ0v) is 8.56. The summed E-state index contributed by atoms with van der Waals surface area (Å²) in [6.07, 6.45) is 3.12. The quantitative estimate of drug-likeness (QED) is 0.738. The number of nitrogens with one attached hydrogen (secondary N) is 1. The normalized spacial score (nSPS) is 11.5. The van der Waals surface area contributed by atoms with Gasteiger partial charge in [-0.05, 0) is 24.0 Å². The summed E-state index contributed by atoms with van der Waals surface area (Å²) in [6, 6.07) is 0. The standard InChI is InChI=1S/C11H13FN2/c1-6(2)8-4-13-11-9(12)5-14-10(11)7(8)3/h4-6,14H,1-3H3. The number of pyridine rings is 1. The summed E-state index contributed by atoms with van der Waals surface area (Å²) < 4.78 is 13.2. The molecule has 0 saturated carbocycles. The Kier molecular flexibility index (Phi) is 2.02. The predicted octanol–water partition coefficient (Wildman–Crippen LogP) is 3.13. The molecule has 0 radical (unpaired) electrons. The first kappa shape index (κ1) is 9.19. The van der Waals surface area contributed by atoms with Crippen molar-refractivity contribution >= 4 is 11.0 Å². The second kappa shape index (κ2) is 3.08. The van der Waals surface area contributed by atoms with Crippen molar-refractivity contribution in [2.45, 2.75) is 26.7 Å². The number of halogens is 1. The van der Waals surface area contributed by atoms with Crippen molar-refractivity contribution in [1.29, 1.82) is 0 Å². The molecule has 0 unspecified atom stereocenters. The molecule has 2 rings (SSSR count). The molecule has 0 atom stereocenters. The summed E-state index contributed by atoms with van der Waals surface area (Å²) in [5.74, 6) is 0.136. The Morgan fingerprint density at radius 2 is 2.14 bits per heavy atom. The van der Waals surface area contributed by atoms with Gasteiger partial charge in [-0.3, -0.25) is 4.98 Å². The van der Waals surface area contributed by atoms with Crippen LogP contribution in [0.4, 0.5) is 4.39 Å². The molecule has 0 aliphatic heterocycles. The first-order chi connectivity index (χ1) is 6.61. The van der Waals surface area contributed by atoms with E-state index in [0.29, 0.717) is 11.4 Å². The van der Waals surface area contributed by atoms with Gasteiger partial charge in [0.05, 0.1) is 5.52 Å². The number of aromatic nitrogens is 2. The van der Waals surface area contributed by atoms with Gasteiger partial charge in [0, 0.05) is 12.4 Å². The van der Waals surface area contributed by atoms with Crippen molar-refractivity contribution in [1.82, 2.24) is 9.97 Å². The summed E-state index contributed by atoms with van der Waals surface area (Å²) in [4.78, 5) is 7.03. The molecule has 2 nitrogen and oxygen atoms in total. The lowest BCUT2D eigenvalue weighted by Crippen LogP contribution is -1.94. The van der Waals surface area contributed by atoms with Crippen LogP contribution in [0.15, 0.2) is 12.4 Å². The zero-order valence-electron chi connectivity index (χ0n) is 8.56. The first-order valence-electron chi connectivity index (χ1n) is 4.73. The van der Waals surface area contributed by atoms with Gasteiger partial charge in [-0.1, -0.05) is 13.8 Å². The van der Waals surface area contributed by atoms with E-state index in [4.69, 9.17) is 0 Å². The third-order valence-electron chi connectivity index (χ3n) is 2.57. The van der Waals surface area contributed by atoms with Crippen LogP contribution in [0, 0.1) is 12.7 Å². The Bertz CT molecular complexity index is 471. The van der Waals surface area contributed by atoms with Gasteiger partial charge in [-0.15, -0.1) is 0 Å². The van der Waals surface area contributed by atoms with Gasteiger partial charge >= 0.3 is 0 Å². The van der Waals surface area contributed by atoms with Crippen LogP contribution in [0.5, 0.6) is 0 Å². The zero-order chi connectivity index (χ0) is 10.3. The van der Waals surface area contributed by atoms with Crippen LogP contribution in [0.3, 0.4) is 0 Å². The van der Waals surface area contributed by atoms with Crippen LogP contribution in [0.2, 0.25) is 0 Å². The van der Waals surface area contributed by atoms with Crippen LogP contribution in [-0.2, 0) is 0 Å².